The summed E-state index contributed by atoms with van der Waals surface area (Å²) in [6.45, 7) is 2.01. The minimum atomic E-state index is -0.510. The van der Waals surface area contributed by atoms with Crippen molar-refractivity contribution in [3.63, 3.8) is 0 Å². The smallest absolute Gasteiger partial charge is 0.374 e. The number of H-pyrrole nitrogens is 1. The third kappa shape index (κ3) is 2.21. The van der Waals surface area contributed by atoms with Crippen LogP contribution >= 0.6 is 0 Å². The summed E-state index contributed by atoms with van der Waals surface area (Å²) in [5.74, 6) is -0.377. The number of aliphatic imine (C=N–C) groups is 1. The van der Waals surface area contributed by atoms with E-state index in [1.807, 2.05) is 0 Å². The second-order valence-corrected chi connectivity index (χ2v) is 3.21. The van der Waals surface area contributed by atoms with Crippen LogP contribution in [0, 0.1) is 0 Å². The van der Waals surface area contributed by atoms with Gasteiger partial charge in [0.25, 0.3) is 0 Å². The molecular formula is C11H9N3O3. The molecule has 86 valence electrons. The van der Waals surface area contributed by atoms with Crippen molar-refractivity contribution < 1.29 is 14.3 Å². The standard InChI is InChI=1S/C11H9N3O3/c1-2-17-11(16)10-13-8-4-3-7(12-6-15)5-9(8)14-10/h3-5H,2H2,1H3,(H,13,14). The molecule has 0 atom stereocenters. The second kappa shape index (κ2) is 4.59. The SMILES string of the molecule is CCOC(=O)c1nc2ccc(N=C=O)cc2[nH]1. The Hall–Kier alpha value is -2.46. The van der Waals surface area contributed by atoms with E-state index in [1.165, 1.54) is 6.08 Å². The molecule has 6 heteroatoms. The van der Waals surface area contributed by atoms with E-state index >= 15 is 0 Å². The summed E-state index contributed by atoms with van der Waals surface area (Å²) in [4.78, 5) is 31.9. The number of hydrogen-bond donors (Lipinski definition) is 1. The number of carbonyl (C=O) groups is 1. The number of fused-ring (bicyclic) bond motifs is 1. The molecule has 0 radical (unpaired) electrons. The molecule has 2 aromatic rings. The fourth-order valence-electron chi connectivity index (χ4n) is 1.42. The van der Waals surface area contributed by atoms with Gasteiger partial charge in [-0.1, -0.05) is 0 Å². The Balaban J connectivity index is 2.43. The summed E-state index contributed by atoms with van der Waals surface area (Å²) in [6.07, 6.45) is 1.45. The van der Waals surface area contributed by atoms with E-state index in [0.717, 1.165) is 0 Å². The second-order valence-electron chi connectivity index (χ2n) is 3.21. The summed E-state index contributed by atoms with van der Waals surface area (Å²) < 4.78 is 4.82. The molecule has 1 aromatic heterocycles. The van der Waals surface area contributed by atoms with Crippen LogP contribution in [-0.4, -0.2) is 28.6 Å². The molecule has 1 heterocycles. The van der Waals surface area contributed by atoms with Crippen LogP contribution in [0.1, 0.15) is 17.5 Å². The first-order chi connectivity index (χ1) is 8.24. The molecule has 0 saturated carbocycles. The zero-order valence-corrected chi connectivity index (χ0v) is 9.06. The fourth-order valence-corrected chi connectivity index (χ4v) is 1.42. The molecule has 0 aliphatic rings. The van der Waals surface area contributed by atoms with E-state index in [4.69, 9.17) is 4.74 Å². The number of nitrogens with zero attached hydrogens (tertiary/aromatic N) is 2. The number of aromatic amines is 1. The molecule has 0 bridgehead atoms. The molecule has 0 unspecified atom stereocenters. The molecular weight excluding hydrogens is 222 g/mol. The van der Waals surface area contributed by atoms with Crippen LogP contribution in [0.3, 0.4) is 0 Å². The van der Waals surface area contributed by atoms with Crippen LogP contribution in [0.2, 0.25) is 0 Å². The first-order valence-corrected chi connectivity index (χ1v) is 4.99. The minimum Gasteiger partial charge on any atom is -0.460 e. The van der Waals surface area contributed by atoms with Crippen LogP contribution in [-0.2, 0) is 9.53 Å². The van der Waals surface area contributed by atoms with Crippen LogP contribution < -0.4 is 0 Å². The van der Waals surface area contributed by atoms with Crippen molar-refractivity contribution >= 4 is 28.8 Å². The highest BCUT2D eigenvalue weighted by atomic mass is 16.5. The number of carbonyl (C=O) groups excluding carboxylic acids is 2. The van der Waals surface area contributed by atoms with Crippen LogP contribution in [0.4, 0.5) is 5.69 Å². The molecule has 0 aliphatic heterocycles. The van der Waals surface area contributed by atoms with Crippen molar-refractivity contribution in [2.45, 2.75) is 6.92 Å². The Morgan fingerprint density at radius 3 is 3.12 bits per heavy atom. The van der Waals surface area contributed by atoms with Gasteiger partial charge in [-0.05, 0) is 25.1 Å². The molecule has 0 aliphatic carbocycles. The summed E-state index contributed by atoms with van der Waals surface area (Å²) in [7, 11) is 0. The van der Waals surface area contributed by atoms with Gasteiger partial charge in [0.2, 0.25) is 11.9 Å². The fraction of sp³-hybridized carbons (Fsp3) is 0.182. The molecule has 0 fully saturated rings. The molecule has 1 aromatic carbocycles. The van der Waals surface area contributed by atoms with Gasteiger partial charge in [-0.2, -0.15) is 4.99 Å². The van der Waals surface area contributed by atoms with Gasteiger partial charge in [0.05, 0.1) is 23.3 Å². The normalized spacial score (nSPS) is 9.94. The van der Waals surface area contributed by atoms with Gasteiger partial charge in [0.15, 0.2) is 0 Å². The zero-order chi connectivity index (χ0) is 12.3. The number of rotatable bonds is 3. The average molecular weight is 231 g/mol. The number of benzene rings is 1. The van der Waals surface area contributed by atoms with Gasteiger partial charge >= 0.3 is 5.97 Å². The van der Waals surface area contributed by atoms with E-state index in [-0.39, 0.29) is 12.4 Å². The van der Waals surface area contributed by atoms with Crippen molar-refractivity contribution in [3.05, 3.63) is 24.0 Å². The predicted molar refractivity (Wildman–Crippen MR) is 59.8 cm³/mol. The van der Waals surface area contributed by atoms with Gasteiger partial charge in [-0.25, -0.2) is 14.6 Å². The third-order valence-corrected chi connectivity index (χ3v) is 2.11. The highest BCUT2D eigenvalue weighted by Crippen LogP contribution is 2.19. The number of aromatic nitrogens is 2. The van der Waals surface area contributed by atoms with Crippen LogP contribution in [0.5, 0.6) is 0 Å². The number of imidazole rings is 1. The van der Waals surface area contributed by atoms with Crippen LogP contribution in [0.25, 0.3) is 11.0 Å². The quantitative estimate of drug-likeness (QED) is 0.495. The Morgan fingerprint density at radius 2 is 2.41 bits per heavy atom. The van der Waals surface area contributed by atoms with E-state index in [9.17, 15) is 9.59 Å². The molecule has 2 rings (SSSR count). The van der Waals surface area contributed by atoms with Crippen LogP contribution in [0.15, 0.2) is 23.2 Å². The third-order valence-electron chi connectivity index (χ3n) is 2.11. The highest BCUT2D eigenvalue weighted by molar-refractivity contribution is 5.91. The van der Waals surface area contributed by atoms with E-state index < -0.39 is 5.97 Å². The summed E-state index contributed by atoms with van der Waals surface area (Å²) >= 11 is 0. The van der Waals surface area contributed by atoms with Gasteiger partial charge in [-0.15, -0.1) is 0 Å². The monoisotopic (exact) mass is 231 g/mol. The Morgan fingerprint density at radius 1 is 1.59 bits per heavy atom. The maximum atomic E-state index is 11.4. The molecule has 0 spiro atoms. The summed E-state index contributed by atoms with van der Waals surface area (Å²) in [6, 6.07) is 4.88. The number of ether oxygens (including phenoxy) is 1. The predicted octanol–water partition coefficient (Wildman–Crippen LogP) is 1.71. The van der Waals surface area contributed by atoms with Gasteiger partial charge in [-0.3, -0.25) is 0 Å². The van der Waals surface area contributed by atoms with Gasteiger partial charge in [0.1, 0.15) is 0 Å². The lowest BCUT2D eigenvalue weighted by Crippen LogP contribution is -2.06. The maximum Gasteiger partial charge on any atom is 0.374 e. The lowest BCUT2D eigenvalue weighted by atomic mass is 10.3. The highest BCUT2D eigenvalue weighted by Gasteiger charge is 2.12. The summed E-state index contributed by atoms with van der Waals surface area (Å²) in [5.41, 5.74) is 1.68. The number of isocyanates is 1. The Labute approximate surface area is 96.3 Å². The molecule has 6 nitrogen and oxygen atoms in total. The largest absolute Gasteiger partial charge is 0.460 e. The molecule has 17 heavy (non-hydrogen) atoms. The Kier molecular flexibility index (Phi) is 2.98. The van der Waals surface area contributed by atoms with Crippen molar-refractivity contribution in [2.24, 2.45) is 4.99 Å². The molecule has 0 saturated heterocycles. The number of hydrogen-bond acceptors (Lipinski definition) is 5. The van der Waals surface area contributed by atoms with Crippen molar-refractivity contribution in [1.82, 2.24) is 9.97 Å². The van der Waals surface area contributed by atoms with Crippen molar-refractivity contribution in [2.75, 3.05) is 6.61 Å². The summed E-state index contributed by atoms with van der Waals surface area (Å²) in [5, 5.41) is 0. The topological polar surface area (TPSA) is 84.4 Å². The van der Waals surface area contributed by atoms with E-state index in [0.29, 0.717) is 16.7 Å². The van der Waals surface area contributed by atoms with E-state index in [1.54, 1.807) is 25.1 Å². The van der Waals surface area contributed by atoms with Crippen molar-refractivity contribution in [3.8, 4) is 0 Å². The first kappa shape index (κ1) is 11.0. The lowest BCUT2D eigenvalue weighted by molar-refractivity contribution is 0.0514. The first-order valence-electron chi connectivity index (χ1n) is 4.99. The zero-order valence-electron chi connectivity index (χ0n) is 9.06. The maximum absolute atomic E-state index is 11.4. The van der Waals surface area contributed by atoms with E-state index in [2.05, 4.69) is 15.0 Å². The molecule has 1 N–H and O–H groups in total. The lowest BCUT2D eigenvalue weighted by Gasteiger charge is -1.95. The number of nitrogens with one attached hydrogen (secondary N) is 1. The van der Waals surface area contributed by atoms with Crippen molar-refractivity contribution in [1.29, 1.82) is 0 Å². The molecule has 0 amide bonds. The van der Waals surface area contributed by atoms with Gasteiger partial charge < -0.3 is 9.72 Å². The Bertz CT molecular complexity index is 611. The average Bonchev–Trinajstić information content (AvgIpc) is 2.73. The minimum absolute atomic E-state index is 0.133. The van der Waals surface area contributed by atoms with Gasteiger partial charge in [0, 0.05) is 0 Å². The number of esters is 1.